The zero-order valence-electron chi connectivity index (χ0n) is 27.6. The number of halogens is 1. The summed E-state index contributed by atoms with van der Waals surface area (Å²) >= 11 is 0. The molecular formula is C36H39FO9S2. The molecule has 12 heteroatoms. The van der Waals surface area contributed by atoms with Crippen molar-refractivity contribution in [2.75, 3.05) is 13.2 Å². The van der Waals surface area contributed by atoms with Gasteiger partial charge in [0, 0.05) is 0 Å². The van der Waals surface area contributed by atoms with E-state index in [-0.39, 0.29) is 13.2 Å². The summed E-state index contributed by atoms with van der Waals surface area (Å²) < 4.78 is 65.9. The molecule has 0 saturated heterocycles. The standard InChI is InChI=1S/C30H35O6S.C6H5FO3S/c1-29(2,3)35-26(31)20-33-24-18-13-19-25(34-21-27(32)36-30(4,5)6)28(24)37(22-14-9-7-10-15-22)23-16-11-8-12-17-23;7-5-1-3-6(4-2-5)11(8,9)10/h7-19H,20-21H2,1-6H3;1-4H,(H,8,9,10)/q+1;/p-1. The van der Waals surface area contributed by atoms with E-state index in [4.69, 9.17) is 18.9 Å². The Morgan fingerprint density at radius 3 is 1.40 bits per heavy atom. The van der Waals surface area contributed by atoms with E-state index in [1.807, 2.05) is 102 Å². The Morgan fingerprint density at radius 2 is 1.04 bits per heavy atom. The maximum absolute atomic E-state index is 12.4. The summed E-state index contributed by atoms with van der Waals surface area (Å²) in [6.07, 6.45) is 0. The van der Waals surface area contributed by atoms with Crippen LogP contribution < -0.4 is 9.47 Å². The highest BCUT2D eigenvalue weighted by atomic mass is 32.2. The summed E-state index contributed by atoms with van der Waals surface area (Å²) in [5, 5.41) is 0. The minimum absolute atomic E-state index is 0.263. The largest absolute Gasteiger partial charge is 0.744 e. The first-order chi connectivity index (χ1) is 22.4. The smallest absolute Gasteiger partial charge is 0.344 e. The fourth-order valence-electron chi connectivity index (χ4n) is 4.03. The van der Waals surface area contributed by atoms with Crippen molar-refractivity contribution in [1.29, 1.82) is 0 Å². The predicted molar refractivity (Wildman–Crippen MR) is 179 cm³/mol. The molecule has 256 valence electrons. The molecule has 0 radical (unpaired) electrons. The molecule has 0 unspecified atom stereocenters. The van der Waals surface area contributed by atoms with Gasteiger partial charge in [-0.25, -0.2) is 22.4 Å². The zero-order chi connectivity index (χ0) is 35.5. The van der Waals surface area contributed by atoms with E-state index < -0.39 is 54.9 Å². The molecule has 0 bridgehead atoms. The third kappa shape index (κ3) is 12.7. The van der Waals surface area contributed by atoms with E-state index in [0.717, 1.165) is 39.0 Å². The second-order valence-electron chi connectivity index (χ2n) is 12.2. The summed E-state index contributed by atoms with van der Waals surface area (Å²) in [7, 11) is -5.10. The molecule has 0 aliphatic carbocycles. The van der Waals surface area contributed by atoms with Gasteiger partial charge >= 0.3 is 11.9 Å². The van der Waals surface area contributed by atoms with Crippen molar-refractivity contribution in [3.05, 3.63) is 109 Å². The molecule has 0 aliphatic rings. The summed E-state index contributed by atoms with van der Waals surface area (Å²) in [6.45, 7) is 10.3. The van der Waals surface area contributed by atoms with E-state index in [1.54, 1.807) is 18.2 Å². The highest BCUT2D eigenvalue weighted by molar-refractivity contribution is 7.97. The maximum atomic E-state index is 12.4. The Labute approximate surface area is 284 Å². The van der Waals surface area contributed by atoms with Gasteiger partial charge in [0.2, 0.25) is 4.90 Å². The van der Waals surface area contributed by atoms with Gasteiger partial charge in [0.1, 0.15) is 38.0 Å². The van der Waals surface area contributed by atoms with Crippen LogP contribution >= 0.6 is 0 Å². The van der Waals surface area contributed by atoms with Crippen molar-refractivity contribution in [2.24, 2.45) is 0 Å². The topological polar surface area (TPSA) is 128 Å². The second kappa shape index (κ2) is 16.6. The van der Waals surface area contributed by atoms with Gasteiger partial charge in [-0.2, -0.15) is 0 Å². The Kier molecular flexibility index (Phi) is 13.2. The van der Waals surface area contributed by atoms with Gasteiger partial charge in [0.15, 0.2) is 34.5 Å². The van der Waals surface area contributed by atoms with Crippen LogP contribution in [0.3, 0.4) is 0 Å². The monoisotopic (exact) mass is 698 g/mol. The third-order valence-corrected chi connectivity index (χ3v) is 8.89. The molecule has 0 aromatic heterocycles. The minimum atomic E-state index is -4.44. The molecule has 0 amide bonds. The molecule has 0 atom stereocenters. The van der Waals surface area contributed by atoms with Crippen LogP contribution in [0.5, 0.6) is 11.5 Å². The SMILES string of the molecule is CC(C)(C)OC(=O)COc1cccc(OCC(=O)OC(C)(C)C)c1[S+](c1ccccc1)c1ccccc1.O=S(=O)([O-])c1ccc(F)cc1. The Balaban J connectivity index is 0.000000480. The quantitative estimate of drug-likeness (QED) is 0.0982. The van der Waals surface area contributed by atoms with Crippen molar-refractivity contribution in [2.45, 2.75) is 72.3 Å². The highest BCUT2D eigenvalue weighted by Gasteiger charge is 2.36. The number of hydrogen-bond donors (Lipinski definition) is 0. The summed E-state index contributed by atoms with van der Waals surface area (Å²) in [6, 6.07) is 29.1. The van der Waals surface area contributed by atoms with Crippen LogP contribution in [0.15, 0.2) is 123 Å². The number of esters is 2. The van der Waals surface area contributed by atoms with Crippen molar-refractivity contribution in [3.8, 4) is 11.5 Å². The number of carbonyl (C=O) groups excluding carboxylic acids is 2. The first kappa shape index (κ1) is 38.1. The number of ether oxygens (including phenoxy) is 4. The molecule has 0 aliphatic heterocycles. The molecule has 0 fully saturated rings. The van der Waals surface area contributed by atoms with Gasteiger partial charge in [0.25, 0.3) is 0 Å². The molecule has 4 rings (SSSR count). The number of hydrogen-bond acceptors (Lipinski definition) is 9. The van der Waals surface area contributed by atoms with E-state index in [9.17, 15) is 27.0 Å². The minimum Gasteiger partial charge on any atom is -0.744 e. The molecule has 48 heavy (non-hydrogen) atoms. The van der Waals surface area contributed by atoms with Crippen molar-refractivity contribution in [3.63, 3.8) is 0 Å². The molecule has 0 N–H and O–H groups in total. The lowest BCUT2D eigenvalue weighted by atomic mass is 10.2. The van der Waals surface area contributed by atoms with Gasteiger partial charge in [-0.15, -0.1) is 0 Å². The average molecular weight is 699 g/mol. The van der Waals surface area contributed by atoms with Crippen LogP contribution in [0.25, 0.3) is 0 Å². The van der Waals surface area contributed by atoms with Crippen molar-refractivity contribution >= 4 is 33.0 Å². The van der Waals surface area contributed by atoms with Crippen LogP contribution in [-0.4, -0.2) is 49.3 Å². The van der Waals surface area contributed by atoms with Gasteiger partial charge < -0.3 is 23.5 Å². The van der Waals surface area contributed by atoms with Crippen LogP contribution in [0.1, 0.15) is 41.5 Å². The molecule has 0 saturated carbocycles. The van der Waals surface area contributed by atoms with Gasteiger partial charge in [-0.05, 0) is 102 Å². The highest BCUT2D eigenvalue weighted by Crippen LogP contribution is 2.42. The van der Waals surface area contributed by atoms with Crippen LogP contribution in [0, 0.1) is 5.82 Å². The van der Waals surface area contributed by atoms with E-state index in [2.05, 4.69) is 0 Å². The average Bonchev–Trinajstić information content (AvgIpc) is 2.99. The van der Waals surface area contributed by atoms with Crippen molar-refractivity contribution < 1.29 is 45.9 Å². The number of benzene rings is 4. The lowest BCUT2D eigenvalue weighted by Gasteiger charge is -2.21. The Morgan fingerprint density at radius 1 is 0.646 bits per heavy atom. The molecule has 9 nitrogen and oxygen atoms in total. The normalized spacial score (nSPS) is 11.6. The van der Waals surface area contributed by atoms with Gasteiger partial charge in [0.05, 0.1) is 4.90 Å². The van der Waals surface area contributed by atoms with Crippen LogP contribution in [-0.2, 0) is 40.1 Å². The van der Waals surface area contributed by atoms with Gasteiger partial charge in [-0.1, -0.05) is 42.5 Å². The van der Waals surface area contributed by atoms with E-state index >= 15 is 0 Å². The fourth-order valence-corrected chi connectivity index (χ4v) is 6.75. The van der Waals surface area contributed by atoms with Crippen molar-refractivity contribution in [1.82, 2.24) is 0 Å². The summed E-state index contributed by atoms with van der Waals surface area (Å²) in [5.74, 6) is -0.569. The molecule has 4 aromatic carbocycles. The molecule has 4 aromatic rings. The first-order valence-corrected chi connectivity index (χ1v) is 17.4. The van der Waals surface area contributed by atoms with Crippen LogP contribution in [0.4, 0.5) is 4.39 Å². The number of rotatable bonds is 10. The number of carbonyl (C=O) groups is 2. The first-order valence-electron chi connectivity index (χ1n) is 14.8. The second-order valence-corrected chi connectivity index (χ2v) is 15.5. The van der Waals surface area contributed by atoms with Gasteiger partial charge in [-0.3, -0.25) is 0 Å². The zero-order valence-corrected chi connectivity index (χ0v) is 29.2. The summed E-state index contributed by atoms with van der Waals surface area (Å²) in [5.41, 5.74) is -1.25. The van der Waals surface area contributed by atoms with E-state index in [1.165, 1.54) is 0 Å². The predicted octanol–water partition coefficient (Wildman–Crippen LogP) is 6.95. The molecule has 0 heterocycles. The molecule has 0 spiro atoms. The summed E-state index contributed by atoms with van der Waals surface area (Å²) in [4.78, 5) is 27.3. The maximum Gasteiger partial charge on any atom is 0.344 e. The molecular weight excluding hydrogens is 660 g/mol. The lowest BCUT2D eigenvalue weighted by Crippen LogP contribution is -2.28. The van der Waals surface area contributed by atoms with Crippen LogP contribution in [0.2, 0.25) is 0 Å². The third-order valence-electron chi connectivity index (χ3n) is 5.74. The Hall–Kier alpha value is -4.39. The lowest BCUT2D eigenvalue weighted by molar-refractivity contribution is -0.158. The fraction of sp³-hybridized carbons (Fsp3) is 0.278. The Bertz CT molecular complexity index is 1660. The van der Waals surface area contributed by atoms with E-state index in [0.29, 0.717) is 11.5 Å².